The standard InChI is InChI=1S/C9H15N3O3/c1-2-15-9(14)4-12-6-11-3-8(12)7(10)5-13/h3,6-7,13H,2,4-5,10H2,1H3. The van der Waals surface area contributed by atoms with Crippen molar-refractivity contribution in [2.75, 3.05) is 13.2 Å². The Bertz CT molecular complexity index is 324. The first kappa shape index (κ1) is 11.7. The van der Waals surface area contributed by atoms with Crippen LogP contribution in [0.25, 0.3) is 0 Å². The molecule has 3 N–H and O–H groups in total. The van der Waals surface area contributed by atoms with E-state index in [1.165, 1.54) is 12.5 Å². The van der Waals surface area contributed by atoms with Crippen LogP contribution in [0.15, 0.2) is 12.5 Å². The van der Waals surface area contributed by atoms with Crippen molar-refractivity contribution in [3.8, 4) is 0 Å². The van der Waals surface area contributed by atoms with Crippen LogP contribution in [0, 0.1) is 0 Å². The van der Waals surface area contributed by atoms with E-state index in [2.05, 4.69) is 4.98 Å². The Kier molecular flexibility index (Phi) is 4.26. The Morgan fingerprint density at radius 3 is 3.13 bits per heavy atom. The summed E-state index contributed by atoms with van der Waals surface area (Å²) >= 11 is 0. The predicted molar refractivity (Wildman–Crippen MR) is 52.9 cm³/mol. The summed E-state index contributed by atoms with van der Waals surface area (Å²) in [5, 5.41) is 8.89. The van der Waals surface area contributed by atoms with Crippen LogP contribution in [0.3, 0.4) is 0 Å². The lowest BCUT2D eigenvalue weighted by Gasteiger charge is -2.11. The summed E-state index contributed by atoms with van der Waals surface area (Å²) in [5.74, 6) is -0.345. The first-order valence-corrected chi connectivity index (χ1v) is 4.71. The van der Waals surface area contributed by atoms with Crippen LogP contribution in [0.1, 0.15) is 18.7 Å². The molecule has 1 aromatic heterocycles. The van der Waals surface area contributed by atoms with Gasteiger partial charge in [0.15, 0.2) is 0 Å². The molecule has 0 bridgehead atoms. The van der Waals surface area contributed by atoms with Gasteiger partial charge in [-0.25, -0.2) is 4.98 Å². The number of carbonyl (C=O) groups is 1. The summed E-state index contributed by atoms with van der Waals surface area (Å²) in [6.07, 6.45) is 3.02. The van der Waals surface area contributed by atoms with Gasteiger partial charge in [0.05, 0.1) is 31.3 Å². The number of esters is 1. The van der Waals surface area contributed by atoms with E-state index in [4.69, 9.17) is 15.6 Å². The molecule has 1 atom stereocenters. The molecule has 1 aromatic rings. The maximum atomic E-state index is 11.2. The highest BCUT2D eigenvalue weighted by Crippen LogP contribution is 2.08. The average Bonchev–Trinajstić information content (AvgIpc) is 2.65. The number of aromatic nitrogens is 2. The summed E-state index contributed by atoms with van der Waals surface area (Å²) in [7, 11) is 0. The molecule has 0 aromatic carbocycles. The molecule has 0 aliphatic rings. The van der Waals surface area contributed by atoms with E-state index in [0.717, 1.165) is 0 Å². The molecule has 0 spiro atoms. The van der Waals surface area contributed by atoms with E-state index < -0.39 is 6.04 Å². The largest absolute Gasteiger partial charge is 0.465 e. The monoisotopic (exact) mass is 213 g/mol. The van der Waals surface area contributed by atoms with Crippen LogP contribution < -0.4 is 5.73 Å². The molecule has 84 valence electrons. The van der Waals surface area contributed by atoms with Crippen molar-refractivity contribution in [1.82, 2.24) is 9.55 Å². The van der Waals surface area contributed by atoms with Crippen molar-refractivity contribution in [3.05, 3.63) is 18.2 Å². The molecule has 1 unspecified atom stereocenters. The van der Waals surface area contributed by atoms with Gasteiger partial charge >= 0.3 is 5.97 Å². The minimum Gasteiger partial charge on any atom is -0.465 e. The Labute approximate surface area is 87.7 Å². The van der Waals surface area contributed by atoms with Crippen molar-refractivity contribution < 1.29 is 14.6 Å². The van der Waals surface area contributed by atoms with Gasteiger partial charge in [-0.1, -0.05) is 0 Å². The van der Waals surface area contributed by atoms with Gasteiger partial charge in [-0.3, -0.25) is 4.79 Å². The zero-order valence-corrected chi connectivity index (χ0v) is 8.59. The molecule has 0 saturated carbocycles. The normalized spacial score (nSPS) is 12.5. The van der Waals surface area contributed by atoms with Gasteiger partial charge in [-0.15, -0.1) is 0 Å². The van der Waals surface area contributed by atoms with Crippen LogP contribution in [0.4, 0.5) is 0 Å². The highest BCUT2D eigenvalue weighted by molar-refractivity contribution is 5.69. The molecule has 6 heteroatoms. The lowest BCUT2D eigenvalue weighted by molar-refractivity contribution is -0.143. The number of hydrogen-bond donors (Lipinski definition) is 2. The van der Waals surface area contributed by atoms with Gasteiger partial charge in [-0.05, 0) is 6.92 Å². The molecule has 1 rings (SSSR count). The molecular formula is C9H15N3O3. The third kappa shape index (κ3) is 3.03. The van der Waals surface area contributed by atoms with Gasteiger partial charge in [0.2, 0.25) is 0 Å². The van der Waals surface area contributed by atoms with Gasteiger partial charge < -0.3 is 20.1 Å². The summed E-state index contributed by atoms with van der Waals surface area (Å²) in [6.45, 7) is 1.96. The fourth-order valence-electron chi connectivity index (χ4n) is 1.21. The number of hydrogen-bond acceptors (Lipinski definition) is 5. The number of nitrogens with zero attached hydrogens (tertiary/aromatic N) is 2. The molecule has 0 aliphatic carbocycles. The predicted octanol–water partition coefficient (Wildman–Crippen LogP) is -0.562. The second kappa shape index (κ2) is 5.47. The van der Waals surface area contributed by atoms with E-state index in [1.54, 1.807) is 11.5 Å². The Balaban J connectivity index is 2.68. The second-order valence-electron chi connectivity index (χ2n) is 3.04. The summed E-state index contributed by atoms with van der Waals surface area (Å²) in [5.41, 5.74) is 6.24. The molecule has 0 aliphatic heterocycles. The van der Waals surface area contributed by atoms with Crippen LogP contribution in [-0.2, 0) is 16.1 Å². The Morgan fingerprint density at radius 1 is 1.80 bits per heavy atom. The first-order chi connectivity index (χ1) is 7.19. The summed E-state index contributed by atoms with van der Waals surface area (Å²) in [4.78, 5) is 15.1. The van der Waals surface area contributed by atoms with E-state index >= 15 is 0 Å². The third-order valence-electron chi connectivity index (χ3n) is 1.93. The second-order valence-corrected chi connectivity index (χ2v) is 3.04. The SMILES string of the molecule is CCOC(=O)Cn1cncc1C(N)CO. The van der Waals surface area contributed by atoms with Gasteiger partial charge in [-0.2, -0.15) is 0 Å². The molecule has 0 radical (unpaired) electrons. The zero-order valence-electron chi connectivity index (χ0n) is 8.59. The molecule has 6 nitrogen and oxygen atoms in total. The van der Waals surface area contributed by atoms with Crippen molar-refractivity contribution in [1.29, 1.82) is 0 Å². The van der Waals surface area contributed by atoms with Gasteiger partial charge in [0, 0.05) is 6.20 Å². The number of rotatable bonds is 5. The lowest BCUT2D eigenvalue weighted by Crippen LogP contribution is -2.21. The van der Waals surface area contributed by atoms with Crippen molar-refractivity contribution in [2.45, 2.75) is 19.5 Å². The summed E-state index contributed by atoms with van der Waals surface area (Å²) in [6, 6.07) is -0.526. The smallest absolute Gasteiger partial charge is 0.325 e. The van der Waals surface area contributed by atoms with Gasteiger partial charge in [0.1, 0.15) is 6.54 Å². The van der Waals surface area contributed by atoms with E-state index in [9.17, 15) is 4.79 Å². The highest BCUT2D eigenvalue weighted by Gasteiger charge is 2.12. The summed E-state index contributed by atoms with van der Waals surface area (Å²) < 4.78 is 6.36. The van der Waals surface area contributed by atoms with Crippen molar-refractivity contribution >= 4 is 5.97 Å². The minimum atomic E-state index is -0.526. The fraction of sp³-hybridized carbons (Fsp3) is 0.556. The first-order valence-electron chi connectivity index (χ1n) is 4.71. The number of nitrogens with two attached hydrogens (primary N) is 1. The number of imidazole rings is 1. The van der Waals surface area contributed by atoms with Crippen molar-refractivity contribution in [3.63, 3.8) is 0 Å². The number of aliphatic hydroxyl groups excluding tert-OH is 1. The van der Waals surface area contributed by atoms with Crippen LogP contribution in [0.2, 0.25) is 0 Å². The molecular weight excluding hydrogens is 198 g/mol. The molecule has 0 amide bonds. The van der Waals surface area contributed by atoms with E-state index in [1.807, 2.05) is 0 Å². The molecule has 15 heavy (non-hydrogen) atoms. The average molecular weight is 213 g/mol. The van der Waals surface area contributed by atoms with Crippen LogP contribution >= 0.6 is 0 Å². The maximum absolute atomic E-state index is 11.2. The number of aliphatic hydroxyl groups is 1. The maximum Gasteiger partial charge on any atom is 0.325 e. The minimum absolute atomic E-state index is 0.0663. The Hall–Kier alpha value is -1.40. The third-order valence-corrected chi connectivity index (χ3v) is 1.93. The van der Waals surface area contributed by atoms with Gasteiger partial charge in [0.25, 0.3) is 0 Å². The Morgan fingerprint density at radius 2 is 2.53 bits per heavy atom. The van der Waals surface area contributed by atoms with Crippen molar-refractivity contribution in [2.24, 2.45) is 5.73 Å². The lowest BCUT2D eigenvalue weighted by atomic mass is 10.2. The molecule has 0 saturated heterocycles. The number of carbonyl (C=O) groups excluding carboxylic acids is 1. The van der Waals surface area contributed by atoms with Crippen LogP contribution in [0.5, 0.6) is 0 Å². The van der Waals surface area contributed by atoms with E-state index in [0.29, 0.717) is 12.3 Å². The fourth-order valence-corrected chi connectivity index (χ4v) is 1.21. The quantitative estimate of drug-likeness (QED) is 0.640. The molecule has 1 heterocycles. The van der Waals surface area contributed by atoms with Crippen LogP contribution in [-0.4, -0.2) is 33.8 Å². The zero-order chi connectivity index (χ0) is 11.3. The number of ether oxygens (including phenoxy) is 1. The topological polar surface area (TPSA) is 90.4 Å². The molecule has 0 fully saturated rings. The highest BCUT2D eigenvalue weighted by atomic mass is 16.5. The van der Waals surface area contributed by atoms with E-state index in [-0.39, 0.29) is 19.1 Å².